The molecule has 0 saturated carbocycles. The first-order valence-electron chi connectivity index (χ1n) is 10.8. The number of carbonyl (C=O) groups excluding carboxylic acids is 1. The molecule has 1 aliphatic heterocycles. The lowest BCUT2D eigenvalue weighted by Gasteiger charge is -2.30. The van der Waals surface area contributed by atoms with Crippen molar-refractivity contribution in [2.75, 3.05) is 25.5 Å². The highest BCUT2D eigenvalue weighted by Crippen LogP contribution is 2.27. The van der Waals surface area contributed by atoms with Gasteiger partial charge in [0.15, 0.2) is 0 Å². The van der Waals surface area contributed by atoms with Crippen LogP contribution >= 0.6 is 11.3 Å². The van der Waals surface area contributed by atoms with Gasteiger partial charge in [-0.25, -0.2) is 4.98 Å². The molecule has 3 aromatic rings. The van der Waals surface area contributed by atoms with Crippen molar-refractivity contribution in [3.63, 3.8) is 0 Å². The summed E-state index contributed by atoms with van der Waals surface area (Å²) < 4.78 is 5.53. The molecule has 1 amide bonds. The Labute approximate surface area is 188 Å². The molecule has 4 rings (SSSR count). The number of carbonyl (C=O) groups is 1. The molecule has 1 N–H and O–H groups in total. The molecule has 5 nitrogen and oxygen atoms in total. The summed E-state index contributed by atoms with van der Waals surface area (Å²) in [4.78, 5) is 19.8. The number of nitrogens with zero attached hydrogens (tertiary/aromatic N) is 2. The van der Waals surface area contributed by atoms with Crippen molar-refractivity contribution in [1.29, 1.82) is 0 Å². The SMILES string of the molecule is COc1ccc(NC(=O)C2CCN(Cc3csc(C)n3)CC2)cc1Cc1ccccc1. The Kier molecular flexibility index (Phi) is 6.99. The summed E-state index contributed by atoms with van der Waals surface area (Å²) in [7, 11) is 1.68. The summed E-state index contributed by atoms with van der Waals surface area (Å²) in [6, 6.07) is 16.2. The minimum atomic E-state index is 0.0492. The molecule has 162 valence electrons. The predicted octanol–water partition coefficient (Wildman–Crippen LogP) is 4.90. The Bertz CT molecular complexity index is 1010. The monoisotopic (exact) mass is 435 g/mol. The van der Waals surface area contributed by atoms with E-state index in [1.165, 1.54) is 5.56 Å². The van der Waals surface area contributed by atoms with E-state index >= 15 is 0 Å². The molecule has 0 spiro atoms. The fourth-order valence-corrected chi connectivity index (χ4v) is 4.72. The van der Waals surface area contributed by atoms with Crippen molar-refractivity contribution in [3.05, 3.63) is 75.7 Å². The van der Waals surface area contributed by atoms with E-state index in [1.807, 2.05) is 43.3 Å². The third-order valence-electron chi connectivity index (χ3n) is 5.80. The lowest BCUT2D eigenvalue weighted by molar-refractivity contribution is -0.121. The van der Waals surface area contributed by atoms with Gasteiger partial charge >= 0.3 is 0 Å². The van der Waals surface area contributed by atoms with Crippen LogP contribution < -0.4 is 10.1 Å². The van der Waals surface area contributed by atoms with Crippen molar-refractivity contribution < 1.29 is 9.53 Å². The fraction of sp³-hybridized carbons (Fsp3) is 0.360. The molecule has 0 radical (unpaired) electrons. The molecule has 1 fully saturated rings. The Morgan fingerprint density at radius 3 is 2.65 bits per heavy atom. The Morgan fingerprint density at radius 1 is 1.19 bits per heavy atom. The van der Waals surface area contributed by atoms with Crippen LogP contribution in [0.15, 0.2) is 53.9 Å². The topological polar surface area (TPSA) is 54.5 Å². The number of methoxy groups -OCH3 is 1. The van der Waals surface area contributed by atoms with Crippen LogP contribution in [0.2, 0.25) is 0 Å². The number of rotatable bonds is 7. The van der Waals surface area contributed by atoms with E-state index < -0.39 is 0 Å². The number of thiazole rings is 1. The standard InChI is InChI=1S/C25H29N3O2S/c1-18-26-23(17-31-18)16-28-12-10-20(11-13-28)25(29)27-22-8-9-24(30-2)21(15-22)14-19-6-4-3-5-7-19/h3-9,15,17,20H,10-14,16H2,1-2H3,(H,27,29). The van der Waals surface area contributed by atoms with Gasteiger partial charge in [0.2, 0.25) is 5.91 Å². The summed E-state index contributed by atoms with van der Waals surface area (Å²) in [5, 5.41) is 6.37. The zero-order valence-electron chi connectivity index (χ0n) is 18.1. The third-order valence-corrected chi connectivity index (χ3v) is 6.62. The lowest BCUT2D eigenvalue weighted by atomic mass is 9.95. The van der Waals surface area contributed by atoms with E-state index in [0.29, 0.717) is 0 Å². The van der Waals surface area contributed by atoms with Crippen molar-refractivity contribution in [2.24, 2.45) is 5.92 Å². The van der Waals surface area contributed by atoms with Gasteiger partial charge in [-0.2, -0.15) is 0 Å². The summed E-state index contributed by atoms with van der Waals surface area (Å²) in [5.41, 5.74) is 4.25. The normalized spacial score (nSPS) is 15.0. The molecule has 0 atom stereocenters. The van der Waals surface area contributed by atoms with Crippen LogP contribution in [0.4, 0.5) is 5.69 Å². The predicted molar refractivity (Wildman–Crippen MR) is 126 cm³/mol. The average molecular weight is 436 g/mol. The summed E-state index contributed by atoms with van der Waals surface area (Å²) in [6.45, 7) is 4.77. The summed E-state index contributed by atoms with van der Waals surface area (Å²) in [6.07, 6.45) is 2.52. The molecule has 6 heteroatoms. The van der Waals surface area contributed by atoms with Crippen LogP contribution in [0.3, 0.4) is 0 Å². The summed E-state index contributed by atoms with van der Waals surface area (Å²) in [5.74, 6) is 1.00. The second kappa shape index (κ2) is 10.1. The number of amides is 1. The van der Waals surface area contributed by atoms with Gasteiger partial charge in [0.05, 0.1) is 17.8 Å². The molecule has 1 aliphatic rings. The Hall–Kier alpha value is -2.70. The maximum absolute atomic E-state index is 12.9. The van der Waals surface area contributed by atoms with E-state index in [-0.39, 0.29) is 11.8 Å². The minimum absolute atomic E-state index is 0.0492. The van der Waals surface area contributed by atoms with Crippen LogP contribution in [0, 0.1) is 12.8 Å². The fourth-order valence-electron chi connectivity index (χ4n) is 4.12. The number of likely N-dealkylation sites (tertiary alicyclic amines) is 1. The Balaban J connectivity index is 1.34. The number of hydrogen-bond donors (Lipinski definition) is 1. The smallest absolute Gasteiger partial charge is 0.227 e. The molecule has 31 heavy (non-hydrogen) atoms. The van der Waals surface area contributed by atoms with E-state index in [4.69, 9.17) is 4.74 Å². The molecule has 2 heterocycles. The molecule has 0 aliphatic carbocycles. The van der Waals surface area contributed by atoms with Gasteiger partial charge in [0, 0.05) is 35.5 Å². The average Bonchev–Trinajstić information content (AvgIpc) is 3.19. The zero-order valence-corrected chi connectivity index (χ0v) is 19.0. The molecule has 2 aromatic carbocycles. The highest BCUT2D eigenvalue weighted by Gasteiger charge is 2.25. The Morgan fingerprint density at radius 2 is 1.97 bits per heavy atom. The first-order chi connectivity index (χ1) is 15.1. The molecule has 0 unspecified atom stereocenters. The van der Waals surface area contributed by atoms with Crippen LogP contribution in [-0.2, 0) is 17.8 Å². The second-order valence-electron chi connectivity index (χ2n) is 8.09. The summed E-state index contributed by atoms with van der Waals surface area (Å²) >= 11 is 1.69. The quantitative estimate of drug-likeness (QED) is 0.573. The number of benzene rings is 2. The highest BCUT2D eigenvalue weighted by atomic mass is 32.1. The molecule has 1 aromatic heterocycles. The van der Waals surface area contributed by atoms with Crippen LogP contribution in [0.1, 0.15) is 34.7 Å². The van der Waals surface area contributed by atoms with Gasteiger partial charge in [0.1, 0.15) is 5.75 Å². The maximum atomic E-state index is 12.9. The van der Waals surface area contributed by atoms with E-state index in [1.54, 1.807) is 18.4 Å². The molecule has 1 saturated heterocycles. The van der Waals surface area contributed by atoms with Gasteiger partial charge < -0.3 is 10.1 Å². The molecular weight excluding hydrogens is 406 g/mol. The van der Waals surface area contributed by atoms with Crippen LogP contribution in [0.25, 0.3) is 0 Å². The van der Waals surface area contributed by atoms with Crippen molar-refractivity contribution in [2.45, 2.75) is 32.7 Å². The van der Waals surface area contributed by atoms with E-state index in [2.05, 4.69) is 32.7 Å². The lowest BCUT2D eigenvalue weighted by Crippen LogP contribution is -2.37. The molecular formula is C25H29N3O2S. The van der Waals surface area contributed by atoms with Crippen molar-refractivity contribution in [1.82, 2.24) is 9.88 Å². The number of nitrogens with one attached hydrogen (secondary N) is 1. The minimum Gasteiger partial charge on any atom is -0.496 e. The maximum Gasteiger partial charge on any atom is 0.227 e. The first kappa shape index (κ1) is 21.5. The van der Waals surface area contributed by atoms with Crippen LogP contribution in [0.5, 0.6) is 5.75 Å². The van der Waals surface area contributed by atoms with Gasteiger partial charge in [-0.3, -0.25) is 9.69 Å². The van der Waals surface area contributed by atoms with E-state index in [0.717, 1.165) is 66.6 Å². The van der Waals surface area contributed by atoms with Gasteiger partial charge in [-0.15, -0.1) is 11.3 Å². The molecule has 0 bridgehead atoms. The first-order valence-corrected chi connectivity index (χ1v) is 11.6. The van der Waals surface area contributed by atoms with Gasteiger partial charge in [0.25, 0.3) is 0 Å². The van der Waals surface area contributed by atoms with E-state index in [9.17, 15) is 4.79 Å². The van der Waals surface area contributed by atoms with Crippen molar-refractivity contribution >= 4 is 22.9 Å². The number of ether oxygens (including phenoxy) is 1. The number of hydrogen-bond acceptors (Lipinski definition) is 5. The number of anilines is 1. The second-order valence-corrected chi connectivity index (χ2v) is 9.15. The number of aryl methyl sites for hydroxylation is 1. The largest absolute Gasteiger partial charge is 0.496 e. The van der Waals surface area contributed by atoms with Crippen LogP contribution in [-0.4, -0.2) is 36.0 Å². The number of aromatic nitrogens is 1. The van der Waals surface area contributed by atoms with Gasteiger partial charge in [-0.1, -0.05) is 30.3 Å². The third kappa shape index (κ3) is 5.71. The highest BCUT2D eigenvalue weighted by molar-refractivity contribution is 7.09. The van der Waals surface area contributed by atoms with Crippen molar-refractivity contribution in [3.8, 4) is 5.75 Å². The number of piperidine rings is 1. The van der Waals surface area contributed by atoms with Gasteiger partial charge in [-0.05, 0) is 56.6 Å². The zero-order chi connectivity index (χ0) is 21.6.